The summed E-state index contributed by atoms with van der Waals surface area (Å²) in [5, 5.41) is 4.77. The number of aryl methyl sites for hydroxylation is 2. The molecule has 0 atom stereocenters. The van der Waals surface area contributed by atoms with E-state index in [1.54, 1.807) is 10.9 Å². The highest BCUT2D eigenvalue weighted by atomic mass is 35.5. The topological polar surface area (TPSA) is 43.6 Å². The van der Waals surface area contributed by atoms with Crippen molar-refractivity contribution in [2.75, 3.05) is 0 Å². The van der Waals surface area contributed by atoms with Crippen LogP contribution in [0.25, 0.3) is 11.3 Å². The van der Waals surface area contributed by atoms with Gasteiger partial charge in [0.1, 0.15) is 6.33 Å². The summed E-state index contributed by atoms with van der Waals surface area (Å²) in [6.07, 6.45) is 4.95. The van der Waals surface area contributed by atoms with Gasteiger partial charge in [-0.2, -0.15) is 5.10 Å². The van der Waals surface area contributed by atoms with Crippen LogP contribution in [0.2, 0.25) is 5.02 Å². The lowest BCUT2D eigenvalue weighted by atomic mass is 10.2. The van der Waals surface area contributed by atoms with Crippen molar-refractivity contribution in [1.82, 2.24) is 19.7 Å². The van der Waals surface area contributed by atoms with Crippen molar-refractivity contribution >= 4 is 11.6 Å². The van der Waals surface area contributed by atoms with Gasteiger partial charge in [0.2, 0.25) is 0 Å². The second kappa shape index (κ2) is 3.38. The van der Waals surface area contributed by atoms with E-state index in [9.17, 15) is 0 Å². The van der Waals surface area contributed by atoms with Gasteiger partial charge in [-0.1, -0.05) is 11.6 Å². The van der Waals surface area contributed by atoms with E-state index < -0.39 is 0 Å². The van der Waals surface area contributed by atoms with Gasteiger partial charge < -0.3 is 0 Å². The maximum atomic E-state index is 5.98. The molecule has 0 saturated heterocycles. The van der Waals surface area contributed by atoms with Gasteiger partial charge in [-0.15, -0.1) is 0 Å². The van der Waals surface area contributed by atoms with Crippen molar-refractivity contribution in [3.63, 3.8) is 0 Å². The van der Waals surface area contributed by atoms with Gasteiger partial charge in [0.05, 0.1) is 16.4 Å². The number of aromatic nitrogens is 4. The quantitative estimate of drug-likeness (QED) is 0.718. The summed E-state index contributed by atoms with van der Waals surface area (Å²) < 4.78 is 1.74. The van der Waals surface area contributed by atoms with E-state index in [4.69, 9.17) is 11.6 Å². The smallest absolute Gasteiger partial charge is 0.116 e. The lowest BCUT2D eigenvalue weighted by Crippen LogP contribution is -1.86. The van der Waals surface area contributed by atoms with Crippen LogP contribution in [-0.2, 0) is 7.05 Å². The van der Waals surface area contributed by atoms with Gasteiger partial charge in [-0.3, -0.25) is 4.68 Å². The molecule has 0 aromatic carbocycles. The first-order valence-corrected chi connectivity index (χ1v) is 4.52. The molecule has 2 aromatic heterocycles. The Hall–Kier alpha value is -1.42. The van der Waals surface area contributed by atoms with Crippen LogP contribution in [0.15, 0.2) is 18.7 Å². The van der Waals surface area contributed by atoms with Crippen LogP contribution < -0.4 is 0 Å². The summed E-state index contributed by atoms with van der Waals surface area (Å²) in [7, 11) is 1.87. The van der Waals surface area contributed by atoms with E-state index >= 15 is 0 Å². The van der Waals surface area contributed by atoms with E-state index in [-0.39, 0.29) is 0 Å². The minimum absolute atomic E-state index is 0.545. The van der Waals surface area contributed by atoms with Gasteiger partial charge in [0.25, 0.3) is 0 Å². The second-order valence-corrected chi connectivity index (χ2v) is 3.43. The maximum absolute atomic E-state index is 5.98. The Bertz CT molecular complexity index is 464. The highest BCUT2D eigenvalue weighted by Gasteiger charge is 2.10. The lowest BCUT2D eigenvalue weighted by molar-refractivity contribution is 0.756. The summed E-state index contributed by atoms with van der Waals surface area (Å²) >= 11 is 5.98. The molecule has 4 nitrogen and oxygen atoms in total. The van der Waals surface area contributed by atoms with Crippen molar-refractivity contribution in [3.8, 4) is 11.3 Å². The predicted molar refractivity (Wildman–Crippen MR) is 54.0 cm³/mol. The Labute approximate surface area is 86.6 Å². The molecule has 0 aliphatic heterocycles. The Morgan fingerprint density at radius 1 is 1.43 bits per heavy atom. The average Bonchev–Trinajstić information content (AvgIpc) is 2.46. The summed E-state index contributed by atoms with van der Waals surface area (Å²) in [4.78, 5) is 7.96. The van der Waals surface area contributed by atoms with Crippen LogP contribution in [-0.4, -0.2) is 19.7 Å². The first-order valence-electron chi connectivity index (χ1n) is 4.14. The minimum atomic E-state index is 0.545. The van der Waals surface area contributed by atoms with Crippen molar-refractivity contribution in [2.45, 2.75) is 6.92 Å². The molecule has 0 fully saturated rings. The zero-order chi connectivity index (χ0) is 10.1. The summed E-state index contributed by atoms with van der Waals surface area (Å²) in [5.74, 6) is 0. The van der Waals surface area contributed by atoms with Crippen molar-refractivity contribution < 1.29 is 0 Å². The number of halogens is 1. The third-order valence-corrected chi connectivity index (χ3v) is 2.21. The molecule has 0 spiro atoms. The molecule has 0 radical (unpaired) electrons. The normalized spacial score (nSPS) is 10.5. The number of hydrogen-bond acceptors (Lipinski definition) is 3. The van der Waals surface area contributed by atoms with Gasteiger partial charge in [-0.05, 0) is 6.92 Å². The SMILES string of the molecule is Cc1nn(C)cc1-c1ncncc1Cl. The van der Waals surface area contributed by atoms with Crippen LogP contribution >= 0.6 is 11.6 Å². The first kappa shape index (κ1) is 9.15. The maximum Gasteiger partial charge on any atom is 0.116 e. The van der Waals surface area contributed by atoms with Gasteiger partial charge in [0.15, 0.2) is 0 Å². The molecule has 2 rings (SSSR count). The monoisotopic (exact) mass is 208 g/mol. The zero-order valence-electron chi connectivity index (χ0n) is 7.90. The molecule has 2 heterocycles. The highest BCUT2D eigenvalue weighted by molar-refractivity contribution is 6.32. The summed E-state index contributed by atoms with van der Waals surface area (Å²) in [6.45, 7) is 1.92. The Kier molecular flexibility index (Phi) is 2.21. The molecule has 0 saturated carbocycles. The van der Waals surface area contributed by atoms with Crippen molar-refractivity contribution in [1.29, 1.82) is 0 Å². The Morgan fingerprint density at radius 3 is 2.79 bits per heavy atom. The summed E-state index contributed by atoms with van der Waals surface area (Å²) in [6, 6.07) is 0. The van der Waals surface area contributed by atoms with E-state index in [0.717, 1.165) is 17.0 Å². The Balaban J connectivity index is 2.60. The molecule has 0 aliphatic carbocycles. The standard InChI is InChI=1S/C9H9ClN4/c1-6-7(4-14(2)13-6)9-8(10)3-11-5-12-9/h3-5H,1-2H3. The lowest BCUT2D eigenvalue weighted by Gasteiger charge is -1.98. The summed E-state index contributed by atoms with van der Waals surface area (Å²) in [5.41, 5.74) is 2.58. The van der Waals surface area contributed by atoms with Crippen LogP contribution in [0.5, 0.6) is 0 Å². The zero-order valence-corrected chi connectivity index (χ0v) is 8.65. The molecule has 2 aromatic rings. The molecule has 0 aliphatic rings. The molecular weight excluding hydrogens is 200 g/mol. The fourth-order valence-corrected chi connectivity index (χ4v) is 1.55. The van der Waals surface area contributed by atoms with Gasteiger partial charge in [-0.25, -0.2) is 9.97 Å². The van der Waals surface area contributed by atoms with Crippen LogP contribution in [0.3, 0.4) is 0 Å². The molecule has 5 heteroatoms. The van der Waals surface area contributed by atoms with E-state index in [2.05, 4.69) is 15.1 Å². The Morgan fingerprint density at radius 2 is 2.21 bits per heavy atom. The first-order chi connectivity index (χ1) is 6.68. The number of hydrogen-bond donors (Lipinski definition) is 0. The van der Waals surface area contributed by atoms with E-state index in [1.165, 1.54) is 6.33 Å². The molecule has 0 amide bonds. The third-order valence-electron chi connectivity index (χ3n) is 1.94. The van der Waals surface area contributed by atoms with Crippen LogP contribution in [0.1, 0.15) is 5.69 Å². The molecule has 72 valence electrons. The second-order valence-electron chi connectivity index (χ2n) is 3.02. The molecule has 0 bridgehead atoms. The molecular formula is C9H9ClN4. The number of nitrogens with zero attached hydrogens (tertiary/aromatic N) is 4. The fraction of sp³-hybridized carbons (Fsp3) is 0.222. The third kappa shape index (κ3) is 1.48. The molecule has 14 heavy (non-hydrogen) atoms. The van der Waals surface area contributed by atoms with Gasteiger partial charge >= 0.3 is 0 Å². The van der Waals surface area contributed by atoms with E-state index in [0.29, 0.717) is 5.02 Å². The van der Waals surface area contributed by atoms with E-state index in [1.807, 2.05) is 20.2 Å². The average molecular weight is 209 g/mol. The largest absolute Gasteiger partial charge is 0.275 e. The molecule has 0 N–H and O–H groups in total. The van der Waals surface area contributed by atoms with Crippen LogP contribution in [0.4, 0.5) is 0 Å². The molecule has 0 unspecified atom stereocenters. The van der Waals surface area contributed by atoms with Crippen molar-refractivity contribution in [2.24, 2.45) is 7.05 Å². The number of rotatable bonds is 1. The van der Waals surface area contributed by atoms with Crippen molar-refractivity contribution in [3.05, 3.63) is 29.4 Å². The predicted octanol–water partition coefficient (Wildman–Crippen LogP) is 1.84. The van der Waals surface area contributed by atoms with Gasteiger partial charge in [0, 0.05) is 25.0 Å². The minimum Gasteiger partial charge on any atom is -0.275 e. The highest BCUT2D eigenvalue weighted by Crippen LogP contribution is 2.26. The fourth-order valence-electron chi connectivity index (χ4n) is 1.34. The van der Waals surface area contributed by atoms with Crippen LogP contribution in [0, 0.1) is 6.92 Å².